The van der Waals surface area contributed by atoms with Crippen LogP contribution in [0.2, 0.25) is 0 Å². The second kappa shape index (κ2) is 10.6. The van der Waals surface area contributed by atoms with Gasteiger partial charge in [0.25, 0.3) is 5.91 Å². The van der Waals surface area contributed by atoms with Crippen molar-refractivity contribution < 1.29 is 24.2 Å². The number of amides is 2. The third kappa shape index (κ3) is 5.81. The van der Waals surface area contributed by atoms with Crippen molar-refractivity contribution in [3.63, 3.8) is 0 Å². The van der Waals surface area contributed by atoms with E-state index in [0.717, 1.165) is 42.1 Å². The number of carbonyl (C=O) groups is 3. The number of carbonyl (C=O) groups excluding carboxylic acids is 2. The van der Waals surface area contributed by atoms with Crippen LogP contribution in [0.3, 0.4) is 0 Å². The molecule has 2 aromatic carbocycles. The van der Waals surface area contributed by atoms with Crippen molar-refractivity contribution in [2.24, 2.45) is 5.73 Å². The molecule has 1 fully saturated rings. The monoisotopic (exact) mass is 478 g/mol. The fraction of sp³-hybridized carbons (Fsp3) is 0.346. The number of nitrogens with two attached hydrogens (primary N) is 1. The van der Waals surface area contributed by atoms with Crippen molar-refractivity contribution in [2.75, 3.05) is 11.9 Å². The highest BCUT2D eigenvalue weighted by atomic mass is 16.5. The van der Waals surface area contributed by atoms with E-state index in [2.05, 4.69) is 10.6 Å². The molecular formula is C26H30N4O5. The van der Waals surface area contributed by atoms with Gasteiger partial charge < -0.3 is 25.5 Å². The number of nitrogens with one attached hydrogen (secondary N) is 2. The fourth-order valence-corrected chi connectivity index (χ4v) is 4.48. The molecule has 9 heteroatoms. The normalized spacial score (nSPS) is 17.7. The maximum atomic E-state index is 13.3. The van der Waals surface area contributed by atoms with Gasteiger partial charge in [0.15, 0.2) is 0 Å². The van der Waals surface area contributed by atoms with Crippen LogP contribution in [0.1, 0.15) is 59.0 Å². The van der Waals surface area contributed by atoms with Gasteiger partial charge in [0.05, 0.1) is 17.7 Å². The molecular weight excluding hydrogens is 448 g/mol. The molecule has 5 N–H and O–H groups in total. The SMILES string of the molecule is CCOC(=O)c1ccc(Cn2c(C(=O)N[C@H]3CC[C@H](N)CC3)cc3ccc(NC(=O)O)cc32)cc1. The Morgan fingerprint density at radius 3 is 2.43 bits per heavy atom. The van der Waals surface area contributed by atoms with Crippen LogP contribution in [0, 0.1) is 0 Å². The number of fused-ring (bicyclic) bond motifs is 1. The van der Waals surface area contributed by atoms with Gasteiger partial charge in [-0.15, -0.1) is 0 Å². The zero-order chi connectivity index (χ0) is 24.9. The molecule has 1 aliphatic rings. The van der Waals surface area contributed by atoms with E-state index in [9.17, 15) is 14.4 Å². The molecule has 35 heavy (non-hydrogen) atoms. The maximum absolute atomic E-state index is 13.3. The molecule has 4 rings (SSSR count). The Morgan fingerprint density at radius 1 is 1.06 bits per heavy atom. The lowest BCUT2D eigenvalue weighted by Crippen LogP contribution is -2.41. The Kier molecular flexibility index (Phi) is 7.36. The molecule has 0 saturated heterocycles. The van der Waals surface area contributed by atoms with Crippen LogP contribution >= 0.6 is 0 Å². The molecule has 0 aliphatic heterocycles. The number of benzene rings is 2. The Labute approximate surface area is 203 Å². The molecule has 184 valence electrons. The van der Waals surface area contributed by atoms with Crippen LogP contribution in [0.5, 0.6) is 0 Å². The van der Waals surface area contributed by atoms with Crippen molar-refractivity contribution in [1.82, 2.24) is 9.88 Å². The van der Waals surface area contributed by atoms with E-state index in [1.54, 1.807) is 37.3 Å². The van der Waals surface area contributed by atoms with E-state index in [-0.39, 0.29) is 24.0 Å². The predicted molar refractivity (Wildman–Crippen MR) is 133 cm³/mol. The van der Waals surface area contributed by atoms with E-state index in [1.165, 1.54) is 0 Å². The quantitative estimate of drug-likeness (QED) is 0.380. The van der Waals surface area contributed by atoms with Crippen LogP contribution in [0.25, 0.3) is 10.9 Å². The molecule has 2 amide bonds. The lowest BCUT2D eigenvalue weighted by atomic mass is 9.92. The van der Waals surface area contributed by atoms with Gasteiger partial charge in [0.2, 0.25) is 0 Å². The molecule has 0 unspecified atom stereocenters. The zero-order valence-corrected chi connectivity index (χ0v) is 19.6. The number of rotatable bonds is 7. The summed E-state index contributed by atoms with van der Waals surface area (Å²) >= 11 is 0. The maximum Gasteiger partial charge on any atom is 0.409 e. The summed E-state index contributed by atoms with van der Waals surface area (Å²) in [5.41, 5.74) is 8.95. The van der Waals surface area contributed by atoms with Crippen LogP contribution in [0.4, 0.5) is 10.5 Å². The molecule has 1 aromatic heterocycles. The van der Waals surface area contributed by atoms with Gasteiger partial charge in [-0.05, 0) is 68.5 Å². The Morgan fingerprint density at radius 2 is 1.77 bits per heavy atom. The number of carboxylic acid groups (broad SMARTS) is 1. The van der Waals surface area contributed by atoms with Gasteiger partial charge in [-0.2, -0.15) is 0 Å². The third-order valence-corrected chi connectivity index (χ3v) is 6.30. The number of aromatic nitrogens is 1. The van der Waals surface area contributed by atoms with E-state index < -0.39 is 6.09 Å². The highest BCUT2D eigenvalue weighted by molar-refractivity contribution is 6.00. The highest BCUT2D eigenvalue weighted by Gasteiger charge is 2.23. The molecule has 9 nitrogen and oxygen atoms in total. The summed E-state index contributed by atoms with van der Waals surface area (Å²) in [6, 6.07) is 14.3. The van der Waals surface area contributed by atoms with Crippen molar-refractivity contribution in [2.45, 2.75) is 51.2 Å². The fourth-order valence-electron chi connectivity index (χ4n) is 4.48. The first-order chi connectivity index (χ1) is 16.8. The van der Waals surface area contributed by atoms with E-state index in [0.29, 0.717) is 30.1 Å². The van der Waals surface area contributed by atoms with Gasteiger partial charge in [-0.1, -0.05) is 18.2 Å². The first-order valence-electron chi connectivity index (χ1n) is 11.8. The number of anilines is 1. The summed E-state index contributed by atoms with van der Waals surface area (Å²) in [7, 11) is 0. The molecule has 0 spiro atoms. The van der Waals surface area contributed by atoms with Crippen LogP contribution < -0.4 is 16.4 Å². The summed E-state index contributed by atoms with van der Waals surface area (Å²) in [5, 5.41) is 15.4. The predicted octanol–water partition coefficient (Wildman–Crippen LogP) is 3.96. The summed E-state index contributed by atoms with van der Waals surface area (Å²) in [4.78, 5) is 36.4. The number of hydrogen-bond donors (Lipinski definition) is 4. The summed E-state index contributed by atoms with van der Waals surface area (Å²) in [6.45, 7) is 2.42. The minimum atomic E-state index is -1.16. The van der Waals surface area contributed by atoms with Crippen LogP contribution in [0.15, 0.2) is 48.5 Å². The molecule has 0 radical (unpaired) electrons. The van der Waals surface area contributed by atoms with Gasteiger partial charge in [0, 0.05) is 29.7 Å². The molecule has 0 bridgehead atoms. The molecule has 0 atom stereocenters. The van der Waals surface area contributed by atoms with Crippen LogP contribution in [-0.2, 0) is 11.3 Å². The Bertz CT molecular complexity index is 1230. The van der Waals surface area contributed by atoms with Gasteiger partial charge >= 0.3 is 12.1 Å². The second-order valence-corrected chi connectivity index (χ2v) is 8.82. The lowest BCUT2D eigenvalue weighted by molar-refractivity contribution is 0.0526. The Balaban J connectivity index is 1.66. The minimum Gasteiger partial charge on any atom is -0.465 e. The Hall–Kier alpha value is -3.85. The topological polar surface area (TPSA) is 136 Å². The number of esters is 1. The summed E-state index contributed by atoms with van der Waals surface area (Å²) < 4.78 is 6.91. The van der Waals surface area contributed by atoms with E-state index in [1.807, 2.05) is 22.8 Å². The number of nitrogens with zero attached hydrogens (tertiary/aromatic N) is 1. The lowest BCUT2D eigenvalue weighted by Gasteiger charge is -2.27. The van der Waals surface area contributed by atoms with E-state index >= 15 is 0 Å². The zero-order valence-electron chi connectivity index (χ0n) is 19.6. The number of ether oxygens (including phenoxy) is 1. The molecule has 1 saturated carbocycles. The van der Waals surface area contributed by atoms with Crippen molar-refractivity contribution in [3.05, 3.63) is 65.4 Å². The summed E-state index contributed by atoms with van der Waals surface area (Å²) in [6.07, 6.45) is 2.28. The van der Waals surface area contributed by atoms with Crippen molar-refractivity contribution in [1.29, 1.82) is 0 Å². The van der Waals surface area contributed by atoms with Crippen molar-refractivity contribution >= 4 is 34.6 Å². The van der Waals surface area contributed by atoms with E-state index in [4.69, 9.17) is 15.6 Å². The molecule has 3 aromatic rings. The smallest absolute Gasteiger partial charge is 0.409 e. The highest BCUT2D eigenvalue weighted by Crippen LogP contribution is 2.26. The average molecular weight is 479 g/mol. The molecule has 1 aliphatic carbocycles. The first-order valence-corrected chi connectivity index (χ1v) is 11.8. The first kappa shape index (κ1) is 24.3. The van der Waals surface area contributed by atoms with Gasteiger partial charge in [0.1, 0.15) is 5.69 Å². The van der Waals surface area contributed by atoms with Gasteiger partial charge in [-0.3, -0.25) is 10.1 Å². The minimum absolute atomic E-state index is 0.0712. The standard InChI is InChI=1S/C26H30N4O5/c1-2-35-25(32)17-5-3-16(4-6-17)15-30-22-14-21(29-26(33)34)10-7-18(22)13-23(30)24(31)28-20-11-8-19(27)9-12-20/h3-7,10,13-14,19-20,29H,2,8-9,11-12,15,27H2,1H3,(H,28,31)(H,33,34)/t19-,20-. The van der Waals surface area contributed by atoms with Crippen molar-refractivity contribution in [3.8, 4) is 0 Å². The largest absolute Gasteiger partial charge is 0.465 e. The second-order valence-electron chi connectivity index (χ2n) is 8.82. The van der Waals surface area contributed by atoms with Crippen LogP contribution in [-0.4, -0.2) is 46.3 Å². The average Bonchev–Trinajstić information content (AvgIpc) is 3.18. The summed E-state index contributed by atoms with van der Waals surface area (Å²) in [5.74, 6) is -0.570. The third-order valence-electron chi connectivity index (χ3n) is 6.30. The number of hydrogen-bond acceptors (Lipinski definition) is 5. The van der Waals surface area contributed by atoms with Gasteiger partial charge in [-0.25, -0.2) is 9.59 Å². The molecule has 1 heterocycles.